The van der Waals surface area contributed by atoms with Crippen molar-refractivity contribution in [2.45, 2.75) is 71.0 Å². The Labute approximate surface area is 251 Å². The number of carbonyl (C=O) groups excluding carboxylic acids is 4. The standard InChI is InChI=1S/C33H38N4O4S/c1-20(2)17-24(34-29(39)21-11-13-23(14-12-21)33(3,4)5)31(40)36-16-15-26-28(36)27(38)18-37(26)32(41)25-19-42-30(35-25)22-9-7-6-8-10-22/h6-14,19-20,24,26,28H,15-18H2,1-5H3,(H,34,39)/t24-,26?,28-/m0/s1. The van der Waals surface area contributed by atoms with Crippen LogP contribution in [0.3, 0.4) is 0 Å². The lowest BCUT2D eigenvalue weighted by Gasteiger charge is -2.29. The maximum atomic E-state index is 13.9. The number of Topliss-reactive ketones (excluding diaryl/α,β-unsaturated/α-hetero) is 1. The molecule has 2 aromatic carbocycles. The monoisotopic (exact) mass is 586 g/mol. The van der Waals surface area contributed by atoms with Crippen LogP contribution in [-0.2, 0) is 15.0 Å². The fourth-order valence-corrected chi connectivity index (χ4v) is 6.63. The predicted octanol–water partition coefficient (Wildman–Crippen LogP) is 4.95. The summed E-state index contributed by atoms with van der Waals surface area (Å²) in [6.07, 6.45) is 0.941. The number of benzene rings is 2. The molecule has 3 heterocycles. The van der Waals surface area contributed by atoms with E-state index in [-0.39, 0.29) is 41.4 Å². The number of carbonyl (C=O) groups is 4. The Kier molecular flexibility index (Phi) is 8.32. The van der Waals surface area contributed by atoms with E-state index in [4.69, 9.17) is 0 Å². The normalized spacial score (nSPS) is 19.2. The van der Waals surface area contributed by atoms with Crippen LogP contribution in [0.15, 0.2) is 60.0 Å². The highest BCUT2D eigenvalue weighted by atomic mass is 32.1. The van der Waals surface area contributed by atoms with Gasteiger partial charge in [0.15, 0.2) is 5.78 Å². The minimum absolute atomic E-state index is 0.0375. The summed E-state index contributed by atoms with van der Waals surface area (Å²) in [6, 6.07) is 15.2. The first-order chi connectivity index (χ1) is 19.9. The lowest BCUT2D eigenvalue weighted by molar-refractivity contribution is -0.138. The molecule has 5 rings (SSSR count). The number of thiazole rings is 1. The van der Waals surface area contributed by atoms with Crippen LogP contribution in [0, 0.1) is 5.92 Å². The Balaban J connectivity index is 1.30. The molecule has 2 saturated heterocycles. The van der Waals surface area contributed by atoms with Crippen molar-refractivity contribution >= 4 is 34.8 Å². The van der Waals surface area contributed by atoms with E-state index in [2.05, 4.69) is 31.1 Å². The van der Waals surface area contributed by atoms with E-state index in [1.807, 2.05) is 56.3 Å². The van der Waals surface area contributed by atoms with Gasteiger partial charge in [-0.25, -0.2) is 4.98 Å². The van der Waals surface area contributed by atoms with E-state index in [1.54, 1.807) is 27.3 Å². The summed E-state index contributed by atoms with van der Waals surface area (Å²) in [6.45, 7) is 10.6. The Morgan fingerprint density at radius 1 is 1.02 bits per heavy atom. The van der Waals surface area contributed by atoms with Crippen molar-refractivity contribution in [1.82, 2.24) is 20.1 Å². The first kappa shape index (κ1) is 29.6. The van der Waals surface area contributed by atoms with Crippen LogP contribution in [0.2, 0.25) is 0 Å². The average Bonchev–Trinajstić information content (AvgIpc) is 3.69. The van der Waals surface area contributed by atoms with Crippen LogP contribution >= 0.6 is 11.3 Å². The maximum Gasteiger partial charge on any atom is 0.274 e. The Bertz CT molecular complexity index is 1480. The van der Waals surface area contributed by atoms with Crippen molar-refractivity contribution in [3.8, 4) is 10.6 Å². The molecule has 3 aromatic rings. The van der Waals surface area contributed by atoms with Gasteiger partial charge in [-0.3, -0.25) is 19.2 Å². The highest BCUT2D eigenvalue weighted by molar-refractivity contribution is 7.13. The van der Waals surface area contributed by atoms with Gasteiger partial charge in [0, 0.05) is 23.1 Å². The number of hydrogen-bond acceptors (Lipinski definition) is 6. The van der Waals surface area contributed by atoms with Crippen molar-refractivity contribution in [1.29, 1.82) is 0 Å². The van der Waals surface area contributed by atoms with Gasteiger partial charge in [0.25, 0.3) is 11.8 Å². The fraction of sp³-hybridized carbons (Fsp3) is 0.424. The molecule has 0 aliphatic carbocycles. The number of nitrogens with one attached hydrogen (secondary N) is 1. The minimum atomic E-state index is -0.775. The van der Waals surface area contributed by atoms with E-state index in [0.717, 1.165) is 16.1 Å². The van der Waals surface area contributed by atoms with Crippen LogP contribution in [-0.4, -0.2) is 69.5 Å². The molecular formula is C33H38N4O4S. The molecule has 0 radical (unpaired) electrons. The molecule has 0 bridgehead atoms. The summed E-state index contributed by atoms with van der Waals surface area (Å²) in [5, 5.41) is 5.41. The number of amides is 3. The van der Waals surface area contributed by atoms with Crippen molar-refractivity contribution in [3.63, 3.8) is 0 Å². The van der Waals surface area contributed by atoms with Crippen LogP contribution in [0.4, 0.5) is 0 Å². The van der Waals surface area contributed by atoms with Gasteiger partial charge in [0.2, 0.25) is 5.91 Å². The first-order valence-electron chi connectivity index (χ1n) is 14.5. The molecule has 0 saturated carbocycles. The van der Waals surface area contributed by atoms with Crippen LogP contribution in [0.1, 0.15) is 73.9 Å². The number of fused-ring (bicyclic) bond motifs is 1. The second kappa shape index (κ2) is 11.8. The molecular weight excluding hydrogens is 548 g/mol. The number of nitrogens with zero attached hydrogens (tertiary/aromatic N) is 3. The van der Waals surface area contributed by atoms with Crippen LogP contribution in [0.5, 0.6) is 0 Å². The fourth-order valence-electron chi connectivity index (χ4n) is 5.83. The largest absolute Gasteiger partial charge is 0.340 e. The lowest BCUT2D eigenvalue weighted by Crippen LogP contribution is -2.53. The van der Waals surface area contributed by atoms with Crippen LogP contribution in [0.25, 0.3) is 10.6 Å². The van der Waals surface area contributed by atoms with Gasteiger partial charge < -0.3 is 15.1 Å². The van der Waals surface area contributed by atoms with Gasteiger partial charge in [0.05, 0.1) is 12.6 Å². The van der Waals surface area contributed by atoms with Crippen molar-refractivity contribution < 1.29 is 19.2 Å². The SMILES string of the molecule is CC(C)C[C@H](NC(=O)c1ccc(C(C)(C)C)cc1)C(=O)N1CCC2[C@H]1C(=O)CN2C(=O)c1csc(-c2ccccc2)n1. The molecule has 9 heteroatoms. The highest BCUT2D eigenvalue weighted by Crippen LogP contribution is 2.33. The van der Waals surface area contributed by atoms with Crippen molar-refractivity contribution in [2.24, 2.45) is 5.92 Å². The van der Waals surface area contributed by atoms with Gasteiger partial charge in [0.1, 0.15) is 22.8 Å². The molecule has 2 aliphatic heterocycles. The zero-order valence-electron chi connectivity index (χ0n) is 24.8. The summed E-state index contributed by atoms with van der Waals surface area (Å²) in [5.41, 5.74) is 2.79. The molecule has 2 aliphatic rings. The third-order valence-corrected chi connectivity index (χ3v) is 8.93. The van der Waals surface area contributed by atoms with E-state index in [9.17, 15) is 19.2 Å². The first-order valence-corrected chi connectivity index (χ1v) is 15.4. The van der Waals surface area contributed by atoms with E-state index in [0.29, 0.717) is 30.6 Å². The molecule has 3 amide bonds. The van der Waals surface area contributed by atoms with Gasteiger partial charge in [-0.1, -0.05) is 77.1 Å². The number of rotatable bonds is 7. The summed E-state index contributed by atoms with van der Waals surface area (Å²) >= 11 is 1.39. The lowest BCUT2D eigenvalue weighted by atomic mass is 9.86. The van der Waals surface area contributed by atoms with Gasteiger partial charge in [-0.05, 0) is 41.9 Å². The molecule has 2 fully saturated rings. The van der Waals surface area contributed by atoms with Crippen molar-refractivity contribution in [3.05, 3.63) is 76.8 Å². The molecule has 1 N–H and O–H groups in total. The highest BCUT2D eigenvalue weighted by Gasteiger charge is 2.52. The molecule has 3 atom stereocenters. The van der Waals surface area contributed by atoms with Gasteiger partial charge in [-0.2, -0.15) is 0 Å². The van der Waals surface area contributed by atoms with E-state index >= 15 is 0 Å². The predicted molar refractivity (Wildman–Crippen MR) is 163 cm³/mol. The molecule has 1 unspecified atom stereocenters. The second-order valence-electron chi connectivity index (χ2n) is 12.6. The third kappa shape index (κ3) is 6.02. The molecule has 42 heavy (non-hydrogen) atoms. The maximum absolute atomic E-state index is 13.9. The van der Waals surface area contributed by atoms with Crippen LogP contribution < -0.4 is 5.32 Å². The molecule has 0 spiro atoms. The van der Waals surface area contributed by atoms with Gasteiger partial charge in [-0.15, -0.1) is 11.3 Å². The smallest absolute Gasteiger partial charge is 0.274 e. The number of likely N-dealkylation sites (tertiary alicyclic amines) is 2. The number of aromatic nitrogens is 1. The Morgan fingerprint density at radius 3 is 2.36 bits per heavy atom. The summed E-state index contributed by atoms with van der Waals surface area (Å²) in [7, 11) is 0. The van der Waals surface area contributed by atoms with E-state index in [1.165, 1.54) is 11.3 Å². The summed E-state index contributed by atoms with van der Waals surface area (Å²) in [5.74, 6) is -0.919. The average molecular weight is 587 g/mol. The zero-order chi connectivity index (χ0) is 30.2. The quantitative estimate of drug-likeness (QED) is 0.423. The second-order valence-corrected chi connectivity index (χ2v) is 13.5. The molecule has 8 nitrogen and oxygen atoms in total. The Morgan fingerprint density at radius 2 is 1.71 bits per heavy atom. The van der Waals surface area contributed by atoms with E-state index < -0.39 is 18.1 Å². The summed E-state index contributed by atoms with van der Waals surface area (Å²) in [4.78, 5) is 61.5. The molecule has 1 aromatic heterocycles. The minimum Gasteiger partial charge on any atom is -0.340 e. The summed E-state index contributed by atoms with van der Waals surface area (Å²) < 4.78 is 0. The molecule has 220 valence electrons. The zero-order valence-corrected chi connectivity index (χ0v) is 25.6. The number of hydrogen-bond donors (Lipinski definition) is 1. The Hall–Kier alpha value is -3.85. The van der Waals surface area contributed by atoms with Crippen molar-refractivity contribution in [2.75, 3.05) is 13.1 Å². The third-order valence-electron chi connectivity index (χ3n) is 8.03. The number of ketones is 1. The van der Waals surface area contributed by atoms with Gasteiger partial charge >= 0.3 is 0 Å². The topological polar surface area (TPSA) is 99.7 Å².